The number of Topliss-reactive ketones (excluding diaryl/α,β-unsaturated/α-hetero) is 2. The zero-order valence-electron chi connectivity index (χ0n) is 15.9. The highest BCUT2D eigenvalue weighted by Crippen LogP contribution is 2.27. The fraction of sp³-hybridized carbons (Fsp3) is 0.333. The second kappa shape index (κ2) is 8.59. The first-order chi connectivity index (χ1) is 13.3. The van der Waals surface area contributed by atoms with Crippen molar-refractivity contribution in [3.8, 4) is 0 Å². The van der Waals surface area contributed by atoms with Gasteiger partial charge in [0.2, 0.25) is 10.0 Å². The van der Waals surface area contributed by atoms with Crippen molar-refractivity contribution in [3.05, 3.63) is 59.7 Å². The molecule has 148 valence electrons. The number of nitrogens with zero attached hydrogens (tertiary/aromatic N) is 1. The molecule has 1 fully saturated rings. The number of carbonyl (C=O) groups excluding carboxylic acids is 2. The van der Waals surface area contributed by atoms with Gasteiger partial charge in [0.15, 0.2) is 11.6 Å². The minimum absolute atomic E-state index is 0.0144. The van der Waals surface area contributed by atoms with Crippen molar-refractivity contribution in [2.45, 2.75) is 29.6 Å². The third-order valence-electron chi connectivity index (χ3n) is 5.03. The van der Waals surface area contributed by atoms with Crippen LogP contribution >= 0.6 is 11.8 Å². The molecule has 0 unspecified atom stereocenters. The number of hydrogen-bond acceptors (Lipinski definition) is 5. The summed E-state index contributed by atoms with van der Waals surface area (Å²) in [7, 11) is -3.70. The number of carbonyl (C=O) groups is 2. The van der Waals surface area contributed by atoms with Crippen LogP contribution in [0.4, 0.5) is 0 Å². The highest BCUT2D eigenvalue weighted by atomic mass is 32.2. The van der Waals surface area contributed by atoms with Crippen LogP contribution in [0, 0.1) is 5.92 Å². The van der Waals surface area contributed by atoms with Gasteiger partial charge in [-0.25, -0.2) is 8.42 Å². The normalized spacial score (nSPS) is 18.0. The Bertz CT molecular complexity index is 966. The van der Waals surface area contributed by atoms with Crippen molar-refractivity contribution >= 4 is 33.4 Å². The molecule has 0 bridgehead atoms. The van der Waals surface area contributed by atoms with E-state index in [1.807, 2.05) is 30.5 Å². The van der Waals surface area contributed by atoms with Crippen molar-refractivity contribution in [2.24, 2.45) is 5.92 Å². The standard InChI is InChI=1S/C21H23NO4S2/c1-15(23)16-7-11-20(12-8-16)28(25,26)22-13-3-4-18(14-22)21(24)17-5-9-19(27-2)10-6-17/h5-12,18H,3-4,13-14H2,1-2H3/t18-/m1/s1. The van der Waals surface area contributed by atoms with E-state index < -0.39 is 10.0 Å². The van der Waals surface area contributed by atoms with E-state index in [0.29, 0.717) is 30.5 Å². The Morgan fingerprint density at radius 3 is 2.18 bits per heavy atom. The summed E-state index contributed by atoms with van der Waals surface area (Å²) < 4.78 is 27.4. The second-order valence-electron chi connectivity index (χ2n) is 6.88. The van der Waals surface area contributed by atoms with Gasteiger partial charge in [0.05, 0.1) is 4.90 Å². The maximum absolute atomic E-state index is 13.0. The molecule has 1 aliphatic rings. The molecule has 2 aromatic rings. The van der Waals surface area contributed by atoms with Gasteiger partial charge in [-0.15, -0.1) is 11.8 Å². The van der Waals surface area contributed by atoms with Gasteiger partial charge in [0, 0.05) is 35.0 Å². The third-order valence-corrected chi connectivity index (χ3v) is 7.65. The van der Waals surface area contributed by atoms with Gasteiger partial charge in [0.25, 0.3) is 0 Å². The predicted octanol–water partition coefficient (Wildman–Crippen LogP) is 3.89. The molecule has 0 N–H and O–H groups in total. The van der Waals surface area contributed by atoms with Crippen molar-refractivity contribution in [1.82, 2.24) is 4.31 Å². The minimum atomic E-state index is -3.70. The van der Waals surface area contributed by atoms with Gasteiger partial charge in [-0.2, -0.15) is 4.31 Å². The van der Waals surface area contributed by atoms with Gasteiger partial charge in [-0.3, -0.25) is 9.59 Å². The molecular formula is C21H23NO4S2. The van der Waals surface area contributed by atoms with Crippen molar-refractivity contribution in [3.63, 3.8) is 0 Å². The van der Waals surface area contributed by atoms with E-state index in [1.54, 1.807) is 11.8 Å². The quantitative estimate of drug-likeness (QED) is 0.527. The number of benzene rings is 2. The van der Waals surface area contributed by atoms with E-state index in [2.05, 4.69) is 0 Å². The SMILES string of the molecule is CSc1ccc(C(=O)[C@@H]2CCCN(S(=O)(=O)c3ccc(C(C)=O)cc3)C2)cc1. The molecule has 2 aromatic carbocycles. The first-order valence-electron chi connectivity index (χ1n) is 9.12. The molecule has 5 nitrogen and oxygen atoms in total. The summed E-state index contributed by atoms with van der Waals surface area (Å²) in [5.41, 5.74) is 1.09. The van der Waals surface area contributed by atoms with Gasteiger partial charge < -0.3 is 0 Å². The zero-order chi connectivity index (χ0) is 20.3. The highest BCUT2D eigenvalue weighted by molar-refractivity contribution is 7.98. The molecule has 0 amide bonds. The van der Waals surface area contributed by atoms with Crippen LogP contribution in [0.5, 0.6) is 0 Å². The van der Waals surface area contributed by atoms with E-state index in [9.17, 15) is 18.0 Å². The lowest BCUT2D eigenvalue weighted by molar-refractivity contribution is 0.0872. The van der Waals surface area contributed by atoms with E-state index in [4.69, 9.17) is 0 Å². The smallest absolute Gasteiger partial charge is 0.243 e. The molecule has 28 heavy (non-hydrogen) atoms. The summed E-state index contributed by atoms with van der Waals surface area (Å²) in [6.07, 6.45) is 3.30. The van der Waals surface area contributed by atoms with Crippen LogP contribution < -0.4 is 0 Å². The van der Waals surface area contributed by atoms with Crippen LogP contribution in [-0.2, 0) is 10.0 Å². The first kappa shape index (κ1) is 20.8. The first-order valence-corrected chi connectivity index (χ1v) is 11.8. The van der Waals surface area contributed by atoms with E-state index in [-0.39, 0.29) is 28.9 Å². The van der Waals surface area contributed by atoms with E-state index >= 15 is 0 Å². The molecule has 0 saturated carbocycles. The maximum atomic E-state index is 13.0. The van der Waals surface area contributed by atoms with Crippen LogP contribution in [-0.4, -0.2) is 43.6 Å². The molecule has 1 saturated heterocycles. The number of rotatable bonds is 6. The fourth-order valence-electron chi connectivity index (χ4n) is 3.38. The van der Waals surface area contributed by atoms with Crippen LogP contribution in [0.25, 0.3) is 0 Å². The fourth-order valence-corrected chi connectivity index (χ4v) is 5.31. The number of thioether (sulfide) groups is 1. The van der Waals surface area contributed by atoms with Gasteiger partial charge in [0.1, 0.15) is 0 Å². The second-order valence-corrected chi connectivity index (χ2v) is 9.69. The summed E-state index contributed by atoms with van der Waals surface area (Å²) in [5.74, 6) is -0.472. The lowest BCUT2D eigenvalue weighted by Crippen LogP contribution is -2.42. The number of hydrogen-bond donors (Lipinski definition) is 0. The zero-order valence-corrected chi connectivity index (χ0v) is 17.6. The van der Waals surface area contributed by atoms with Crippen molar-refractivity contribution < 1.29 is 18.0 Å². The monoisotopic (exact) mass is 417 g/mol. The number of sulfonamides is 1. The van der Waals surface area contributed by atoms with Gasteiger partial charge in [-0.1, -0.05) is 24.3 Å². The number of piperidine rings is 1. The molecule has 3 rings (SSSR count). The summed E-state index contributed by atoms with van der Waals surface area (Å²) in [6.45, 7) is 2.02. The van der Waals surface area contributed by atoms with E-state index in [0.717, 1.165) is 4.90 Å². The average molecular weight is 418 g/mol. The predicted molar refractivity (Wildman–Crippen MR) is 110 cm³/mol. The Morgan fingerprint density at radius 2 is 1.61 bits per heavy atom. The summed E-state index contributed by atoms with van der Waals surface area (Å²) >= 11 is 1.61. The topological polar surface area (TPSA) is 71.5 Å². The summed E-state index contributed by atoms with van der Waals surface area (Å²) in [5, 5.41) is 0. The highest BCUT2D eigenvalue weighted by Gasteiger charge is 2.33. The Hall–Kier alpha value is -1.96. The molecule has 0 spiro atoms. The third kappa shape index (κ3) is 4.37. The van der Waals surface area contributed by atoms with Crippen molar-refractivity contribution in [1.29, 1.82) is 0 Å². The van der Waals surface area contributed by atoms with Crippen LogP contribution in [0.2, 0.25) is 0 Å². The van der Waals surface area contributed by atoms with Crippen LogP contribution in [0.15, 0.2) is 58.3 Å². The molecule has 7 heteroatoms. The largest absolute Gasteiger partial charge is 0.295 e. The summed E-state index contributed by atoms with van der Waals surface area (Å²) in [6, 6.07) is 13.4. The Balaban J connectivity index is 1.77. The molecule has 0 radical (unpaired) electrons. The minimum Gasteiger partial charge on any atom is -0.295 e. The Labute approximate surface area is 170 Å². The van der Waals surface area contributed by atoms with Crippen LogP contribution in [0.3, 0.4) is 0 Å². The maximum Gasteiger partial charge on any atom is 0.243 e. The van der Waals surface area contributed by atoms with Crippen LogP contribution in [0.1, 0.15) is 40.5 Å². The molecule has 1 heterocycles. The van der Waals surface area contributed by atoms with Gasteiger partial charge >= 0.3 is 0 Å². The Morgan fingerprint density at radius 1 is 1.00 bits per heavy atom. The lowest BCUT2D eigenvalue weighted by Gasteiger charge is -2.31. The molecule has 0 aromatic heterocycles. The molecule has 1 atom stereocenters. The molecule has 0 aliphatic carbocycles. The van der Waals surface area contributed by atoms with Gasteiger partial charge in [-0.05, 0) is 50.3 Å². The molecular weight excluding hydrogens is 394 g/mol. The average Bonchev–Trinajstić information content (AvgIpc) is 2.73. The lowest BCUT2D eigenvalue weighted by atomic mass is 9.91. The number of ketones is 2. The molecule has 1 aliphatic heterocycles. The Kier molecular flexibility index (Phi) is 6.37. The summed E-state index contributed by atoms with van der Waals surface area (Å²) in [4.78, 5) is 25.5. The van der Waals surface area contributed by atoms with Crippen molar-refractivity contribution in [2.75, 3.05) is 19.3 Å². The van der Waals surface area contributed by atoms with E-state index in [1.165, 1.54) is 35.5 Å².